The summed E-state index contributed by atoms with van der Waals surface area (Å²) in [5.74, 6) is -0.450. The van der Waals surface area contributed by atoms with Crippen molar-refractivity contribution in [3.05, 3.63) is 89.7 Å². The lowest BCUT2D eigenvalue weighted by molar-refractivity contribution is -0.134. The summed E-state index contributed by atoms with van der Waals surface area (Å²) in [6.45, 7) is 1.65. The molecule has 8 nitrogen and oxygen atoms in total. The van der Waals surface area contributed by atoms with Crippen molar-refractivity contribution in [1.82, 2.24) is 9.62 Å². The Morgan fingerprint density at radius 1 is 1.05 bits per heavy atom. The third-order valence-electron chi connectivity index (χ3n) is 7.10. The van der Waals surface area contributed by atoms with Crippen molar-refractivity contribution < 1.29 is 17.6 Å². The molecule has 0 bridgehead atoms. The Morgan fingerprint density at radius 3 is 2.46 bits per heavy atom. The van der Waals surface area contributed by atoms with Crippen LogP contribution >= 0.6 is 0 Å². The lowest BCUT2D eigenvalue weighted by Gasteiger charge is -2.34. The summed E-state index contributed by atoms with van der Waals surface area (Å²) < 4.78 is 44.1. The molecule has 0 unspecified atom stereocenters. The molecule has 10 heteroatoms. The monoisotopic (exact) mass is 551 g/mol. The second-order valence-electron chi connectivity index (χ2n) is 9.85. The number of sulfonamides is 1. The molecule has 3 aromatic carbocycles. The smallest absolute Gasteiger partial charge is 0.241 e. The van der Waals surface area contributed by atoms with Crippen LogP contribution in [-0.4, -0.2) is 50.7 Å². The van der Waals surface area contributed by atoms with Gasteiger partial charge in [0, 0.05) is 24.2 Å². The fourth-order valence-corrected chi connectivity index (χ4v) is 6.20. The van der Waals surface area contributed by atoms with Gasteiger partial charge < -0.3 is 16.4 Å². The summed E-state index contributed by atoms with van der Waals surface area (Å²) in [5.41, 5.74) is 13.2. The highest BCUT2D eigenvalue weighted by Crippen LogP contribution is 2.26. The van der Waals surface area contributed by atoms with Crippen molar-refractivity contribution in [3.63, 3.8) is 0 Å². The van der Waals surface area contributed by atoms with Gasteiger partial charge in [-0.3, -0.25) is 10.2 Å². The number of nitrogen functional groups attached to an aromatic ring is 1. The molecule has 0 radical (unpaired) electrons. The summed E-state index contributed by atoms with van der Waals surface area (Å²) in [7, 11) is -4.16. The minimum atomic E-state index is -4.16. The first kappa shape index (κ1) is 28.4. The Balaban J connectivity index is 1.62. The van der Waals surface area contributed by atoms with E-state index in [0.717, 1.165) is 19.3 Å². The molecular formula is C29H34FN5O3S. The highest BCUT2D eigenvalue weighted by atomic mass is 32.2. The van der Waals surface area contributed by atoms with E-state index in [1.165, 1.54) is 18.2 Å². The van der Waals surface area contributed by atoms with Gasteiger partial charge in [0.2, 0.25) is 15.9 Å². The molecule has 1 aliphatic rings. The van der Waals surface area contributed by atoms with E-state index in [0.29, 0.717) is 42.2 Å². The van der Waals surface area contributed by atoms with Gasteiger partial charge in [0.1, 0.15) is 17.7 Å². The number of amides is 1. The van der Waals surface area contributed by atoms with Crippen LogP contribution in [-0.2, 0) is 21.2 Å². The molecule has 1 saturated heterocycles. The molecule has 0 aromatic heterocycles. The van der Waals surface area contributed by atoms with Crippen LogP contribution in [0.25, 0.3) is 11.1 Å². The fourth-order valence-electron chi connectivity index (χ4n) is 4.96. The second-order valence-corrected chi connectivity index (χ2v) is 11.6. The predicted molar refractivity (Wildman–Crippen MR) is 150 cm³/mol. The van der Waals surface area contributed by atoms with Crippen LogP contribution < -0.4 is 16.2 Å². The molecule has 39 heavy (non-hydrogen) atoms. The van der Waals surface area contributed by atoms with Crippen LogP contribution in [0.15, 0.2) is 77.7 Å². The number of amidine groups is 1. The highest BCUT2D eigenvalue weighted by molar-refractivity contribution is 7.89. The van der Waals surface area contributed by atoms with E-state index in [9.17, 15) is 17.6 Å². The molecule has 4 rings (SSSR count). The van der Waals surface area contributed by atoms with E-state index < -0.39 is 21.9 Å². The number of carbonyl (C=O) groups is 1. The van der Waals surface area contributed by atoms with Crippen molar-refractivity contribution in [2.75, 3.05) is 19.6 Å². The minimum Gasteiger partial charge on any atom is -0.384 e. The Hall–Kier alpha value is -3.60. The van der Waals surface area contributed by atoms with Gasteiger partial charge >= 0.3 is 0 Å². The average Bonchev–Trinajstić information content (AvgIpc) is 2.93. The lowest BCUT2D eigenvalue weighted by atomic mass is 9.93. The second kappa shape index (κ2) is 12.5. The number of nitrogens with zero attached hydrogens (tertiary/aromatic N) is 1. The van der Waals surface area contributed by atoms with Gasteiger partial charge in [0.25, 0.3) is 0 Å². The van der Waals surface area contributed by atoms with Crippen LogP contribution in [0.1, 0.15) is 30.4 Å². The summed E-state index contributed by atoms with van der Waals surface area (Å²) >= 11 is 0. The molecule has 1 fully saturated rings. The quantitative estimate of drug-likeness (QED) is 0.226. The zero-order chi connectivity index (χ0) is 28.0. The number of nitrogens with one attached hydrogen (secondary N) is 2. The zero-order valence-electron chi connectivity index (χ0n) is 21.6. The molecule has 1 aliphatic heterocycles. The van der Waals surface area contributed by atoms with E-state index in [-0.39, 0.29) is 28.6 Å². The number of likely N-dealkylation sites (tertiary alicyclic amines) is 1. The van der Waals surface area contributed by atoms with Gasteiger partial charge in [-0.1, -0.05) is 48.5 Å². The number of rotatable bonds is 10. The Morgan fingerprint density at radius 2 is 1.77 bits per heavy atom. The number of hydrogen-bond donors (Lipinski definition) is 4. The fraction of sp³-hybridized carbons (Fsp3) is 0.310. The number of halogens is 1. The van der Waals surface area contributed by atoms with Crippen LogP contribution in [0.5, 0.6) is 0 Å². The molecule has 0 aliphatic carbocycles. The van der Waals surface area contributed by atoms with Crippen molar-refractivity contribution >= 4 is 21.8 Å². The maximum atomic E-state index is 14.4. The molecule has 6 N–H and O–H groups in total. The number of carbonyl (C=O) groups excluding carboxylic acids is 1. The molecule has 3 aromatic rings. The first-order chi connectivity index (χ1) is 18.7. The van der Waals surface area contributed by atoms with E-state index in [1.807, 2.05) is 0 Å². The number of benzene rings is 3. The van der Waals surface area contributed by atoms with Crippen molar-refractivity contribution in [1.29, 1.82) is 5.41 Å². The third-order valence-corrected chi connectivity index (χ3v) is 8.57. The van der Waals surface area contributed by atoms with Gasteiger partial charge in [-0.05, 0) is 73.5 Å². The van der Waals surface area contributed by atoms with Gasteiger partial charge in [0.05, 0.1) is 4.90 Å². The van der Waals surface area contributed by atoms with Crippen molar-refractivity contribution in [2.24, 2.45) is 17.4 Å². The number of piperidine rings is 1. The van der Waals surface area contributed by atoms with Gasteiger partial charge in [0.15, 0.2) is 0 Å². The van der Waals surface area contributed by atoms with Crippen LogP contribution in [0.2, 0.25) is 0 Å². The Bertz CT molecular complexity index is 1440. The Kier molecular flexibility index (Phi) is 9.11. The van der Waals surface area contributed by atoms with E-state index in [2.05, 4.69) is 4.72 Å². The molecule has 1 atom stereocenters. The van der Waals surface area contributed by atoms with Crippen LogP contribution in [0.3, 0.4) is 0 Å². The standard InChI is InChI=1S/C29H34FN5O3S/c30-26-10-2-1-9-25(26)22-6-4-8-24(19-22)39(37,38)34-27(18-21-5-3-7-23(17-21)28(32)33)29(36)35-15-12-20(11-14-31)13-16-35/h1-10,17,19-20,27,34H,11-16,18,31H2,(H3,32,33)/t27-/m0/s1. The molecular weight excluding hydrogens is 517 g/mol. The maximum absolute atomic E-state index is 14.4. The first-order valence-electron chi connectivity index (χ1n) is 13.0. The molecule has 206 valence electrons. The lowest BCUT2D eigenvalue weighted by Crippen LogP contribution is -2.51. The van der Waals surface area contributed by atoms with Crippen LogP contribution in [0.4, 0.5) is 4.39 Å². The average molecular weight is 552 g/mol. The molecule has 0 saturated carbocycles. The zero-order valence-corrected chi connectivity index (χ0v) is 22.5. The van der Waals surface area contributed by atoms with E-state index in [1.54, 1.807) is 59.5 Å². The first-order valence-corrected chi connectivity index (χ1v) is 14.5. The normalized spacial score (nSPS) is 15.2. The van der Waals surface area contributed by atoms with Gasteiger partial charge in [-0.15, -0.1) is 0 Å². The summed E-state index contributed by atoms with van der Waals surface area (Å²) in [6.07, 6.45) is 2.60. The van der Waals surface area contributed by atoms with Gasteiger partial charge in [-0.2, -0.15) is 4.72 Å². The molecule has 0 spiro atoms. The highest BCUT2D eigenvalue weighted by Gasteiger charge is 2.32. The molecule has 1 heterocycles. The van der Waals surface area contributed by atoms with Crippen LogP contribution in [0, 0.1) is 17.1 Å². The number of nitrogens with two attached hydrogens (primary N) is 2. The largest absolute Gasteiger partial charge is 0.384 e. The maximum Gasteiger partial charge on any atom is 0.241 e. The Labute approximate surface area is 228 Å². The number of hydrogen-bond acceptors (Lipinski definition) is 5. The minimum absolute atomic E-state index is 0.0693. The summed E-state index contributed by atoms with van der Waals surface area (Å²) in [4.78, 5) is 15.3. The van der Waals surface area contributed by atoms with Gasteiger partial charge in [-0.25, -0.2) is 12.8 Å². The molecule has 1 amide bonds. The third kappa shape index (κ3) is 7.08. The SMILES string of the molecule is N=C(N)c1cccc(C[C@H](NS(=O)(=O)c2cccc(-c3ccccc3F)c2)C(=O)N2CCC(CCN)CC2)c1. The summed E-state index contributed by atoms with van der Waals surface area (Å²) in [5, 5.41) is 7.73. The predicted octanol–water partition coefficient (Wildman–Crippen LogP) is 3.25. The van der Waals surface area contributed by atoms with E-state index in [4.69, 9.17) is 16.9 Å². The topological polar surface area (TPSA) is 142 Å². The summed E-state index contributed by atoms with van der Waals surface area (Å²) in [6, 6.07) is 17.9. The van der Waals surface area contributed by atoms with E-state index >= 15 is 0 Å². The van der Waals surface area contributed by atoms with Crippen molar-refractivity contribution in [2.45, 2.75) is 36.6 Å². The van der Waals surface area contributed by atoms with Crippen molar-refractivity contribution in [3.8, 4) is 11.1 Å².